The first-order valence-corrected chi connectivity index (χ1v) is 7.90. The molecule has 1 N–H and O–H groups in total. The predicted octanol–water partition coefficient (Wildman–Crippen LogP) is 4.15. The van der Waals surface area contributed by atoms with Gasteiger partial charge >= 0.3 is 6.09 Å². The van der Waals surface area contributed by atoms with Crippen molar-refractivity contribution in [1.29, 1.82) is 0 Å². The van der Waals surface area contributed by atoms with Crippen LogP contribution in [0.1, 0.15) is 32.8 Å². The van der Waals surface area contributed by atoms with Crippen molar-refractivity contribution in [2.75, 3.05) is 13.7 Å². The second-order valence-corrected chi connectivity index (χ2v) is 7.03. The van der Waals surface area contributed by atoms with Gasteiger partial charge in [0.15, 0.2) is 0 Å². The molecule has 0 radical (unpaired) electrons. The van der Waals surface area contributed by atoms with Gasteiger partial charge in [-0.3, -0.25) is 0 Å². The van der Waals surface area contributed by atoms with Crippen LogP contribution in [0.15, 0.2) is 18.2 Å². The fourth-order valence-electron chi connectivity index (χ4n) is 1.92. The van der Waals surface area contributed by atoms with E-state index in [0.717, 1.165) is 5.56 Å². The minimum Gasteiger partial charge on any atom is -0.444 e. The second kappa shape index (κ2) is 8.04. The predicted molar refractivity (Wildman–Crippen MR) is 89.7 cm³/mol. The number of hydrogen-bond donors (Lipinski definition) is 1. The van der Waals surface area contributed by atoms with Crippen molar-refractivity contribution in [1.82, 2.24) is 4.90 Å². The molecular weight excluding hydrogens is 325 g/mol. The van der Waals surface area contributed by atoms with E-state index in [1.54, 1.807) is 19.2 Å². The average Bonchev–Trinajstić information content (AvgIpc) is 2.41. The van der Waals surface area contributed by atoms with Crippen molar-refractivity contribution in [2.24, 2.45) is 0 Å². The molecule has 0 aliphatic rings. The zero-order valence-corrected chi connectivity index (χ0v) is 14.9. The summed E-state index contributed by atoms with van der Waals surface area (Å²) in [6.45, 7) is 5.30. The minimum absolute atomic E-state index is 0.128. The highest BCUT2D eigenvalue weighted by molar-refractivity contribution is 6.42. The van der Waals surface area contributed by atoms with Gasteiger partial charge in [0.25, 0.3) is 0 Å². The summed E-state index contributed by atoms with van der Waals surface area (Å²) in [6.07, 6.45) is 0.833. The van der Waals surface area contributed by atoms with Crippen LogP contribution in [0.5, 0.6) is 0 Å². The van der Waals surface area contributed by atoms with E-state index in [0.29, 0.717) is 22.9 Å². The van der Waals surface area contributed by atoms with Gasteiger partial charge in [-0.25, -0.2) is 4.79 Å². The number of benzene rings is 1. The van der Waals surface area contributed by atoms with Crippen molar-refractivity contribution >= 4 is 29.3 Å². The summed E-state index contributed by atoms with van der Waals surface area (Å²) in [5.74, 6) is 0. The van der Waals surface area contributed by atoms with Gasteiger partial charge in [-0.15, -0.1) is 0 Å². The third-order valence-corrected chi connectivity index (χ3v) is 3.93. The molecule has 0 bridgehead atoms. The Morgan fingerprint density at radius 2 is 1.95 bits per heavy atom. The molecule has 6 heteroatoms. The van der Waals surface area contributed by atoms with Gasteiger partial charge in [0.2, 0.25) is 0 Å². The van der Waals surface area contributed by atoms with Crippen molar-refractivity contribution in [3.63, 3.8) is 0 Å². The van der Waals surface area contributed by atoms with E-state index in [9.17, 15) is 9.90 Å². The van der Waals surface area contributed by atoms with Crippen LogP contribution in [0.4, 0.5) is 4.79 Å². The Morgan fingerprint density at radius 1 is 1.32 bits per heavy atom. The summed E-state index contributed by atoms with van der Waals surface area (Å²) in [6, 6.07) is 5.11. The molecule has 1 unspecified atom stereocenters. The highest BCUT2D eigenvalue weighted by Crippen LogP contribution is 2.23. The maximum atomic E-state index is 12.0. The third kappa shape index (κ3) is 6.03. The molecule has 0 aromatic heterocycles. The minimum atomic E-state index is -0.560. The maximum Gasteiger partial charge on any atom is 0.410 e. The molecule has 0 saturated heterocycles. The number of likely N-dealkylation sites (N-methyl/N-ethyl adjacent to an activating group) is 1. The van der Waals surface area contributed by atoms with Crippen molar-refractivity contribution in [2.45, 2.75) is 45.3 Å². The van der Waals surface area contributed by atoms with E-state index in [-0.39, 0.29) is 12.6 Å². The fourth-order valence-corrected chi connectivity index (χ4v) is 2.24. The third-order valence-electron chi connectivity index (χ3n) is 3.19. The number of aryl methyl sites for hydroxylation is 1. The molecule has 1 rings (SSSR count). The number of halogens is 2. The number of ether oxygens (including phenoxy) is 1. The van der Waals surface area contributed by atoms with Gasteiger partial charge in [0.05, 0.1) is 22.7 Å². The molecule has 1 amide bonds. The van der Waals surface area contributed by atoms with Gasteiger partial charge in [0, 0.05) is 7.05 Å². The molecular formula is C16H23Cl2NO3. The summed E-state index contributed by atoms with van der Waals surface area (Å²) in [5.41, 5.74) is 0.445. The summed E-state index contributed by atoms with van der Waals surface area (Å²) < 4.78 is 5.31. The van der Waals surface area contributed by atoms with Gasteiger partial charge in [-0.2, -0.15) is 0 Å². The molecule has 0 aliphatic carbocycles. The molecule has 1 aromatic rings. The Labute approximate surface area is 142 Å². The van der Waals surface area contributed by atoms with Crippen LogP contribution < -0.4 is 0 Å². The SMILES string of the molecule is CN(C(=O)OC(C)(C)C)C(CO)CCc1ccc(Cl)c(Cl)c1. The van der Waals surface area contributed by atoms with Crippen LogP contribution in [-0.2, 0) is 11.2 Å². The maximum absolute atomic E-state index is 12.0. The van der Waals surface area contributed by atoms with Crippen LogP contribution >= 0.6 is 23.2 Å². The number of amides is 1. The van der Waals surface area contributed by atoms with Crippen LogP contribution in [0.25, 0.3) is 0 Å². The van der Waals surface area contributed by atoms with E-state index in [4.69, 9.17) is 27.9 Å². The summed E-state index contributed by atoms with van der Waals surface area (Å²) in [5, 5.41) is 10.5. The number of carbonyl (C=O) groups is 1. The van der Waals surface area contributed by atoms with Crippen molar-refractivity contribution in [3.8, 4) is 0 Å². The largest absolute Gasteiger partial charge is 0.444 e. The quantitative estimate of drug-likeness (QED) is 0.870. The Bertz CT molecular complexity index is 515. The van der Waals surface area contributed by atoms with Gasteiger partial charge in [-0.05, 0) is 51.3 Å². The van der Waals surface area contributed by atoms with E-state index in [1.165, 1.54) is 4.90 Å². The van der Waals surface area contributed by atoms with E-state index < -0.39 is 11.7 Å². The van der Waals surface area contributed by atoms with Crippen LogP contribution in [0.2, 0.25) is 10.0 Å². The zero-order valence-electron chi connectivity index (χ0n) is 13.4. The van der Waals surface area contributed by atoms with Crippen molar-refractivity contribution in [3.05, 3.63) is 33.8 Å². The lowest BCUT2D eigenvalue weighted by atomic mass is 10.1. The Morgan fingerprint density at radius 3 is 2.45 bits per heavy atom. The Kier molecular flexibility index (Phi) is 6.98. The zero-order chi connectivity index (χ0) is 16.9. The smallest absolute Gasteiger partial charge is 0.410 e. The first kappa shape index (κ1) is 19.1. The Balaban J connectivity index is 2.64. The van der Waals surface area contributed by atoms with E-state index >= 15 is 0 Å². The molecule has 0 saturated carbocycles. The van der Waals surface area contributed by atoms with Crippen LogP contribution in [0, 0.1) is 0 Å². The molecule has 124 valence electrons. The monoisotopic (exact) mass is 347 g/mol. The van der Waals surface area contributed by atoms with Crippen LogP contribution in [-0.4, -0.2) is 41.4 Å². The van der Waals surface area contributed by atoms with E-state index in [2.05, 4.69) is 0 Å². The topological polar surface area (TPSA) is 49.8 Å². The molecule has 0 heterocycles. The lowest BCUT2D eigenvalue weighted by Crippen LogP contribution is -2.42. The number of aliphatic hydroxyl groups is 1. The number of aliphatic hydroxyl groups excluding tert-OH is 1. The molecule has 4 nitrogen and oxygen atoms in total. The molecule has 0 spiro atoms. The molecule has 1 atom stereocenters. The second-order valence-electron chi connectivity index (χ2n) is 6.21. The number of nitrogens with zero attached hydrogens (tertiary/aromatic N) is 1. The molecule has 0 fully saturated rings. The van der Waals surface area contributed by atoms with Crippen molar-refractivity contribution < 1.29 is 14.6 Å². The molecule has 0 aliphatic heterocycles. The molecule has 22 heavy (non-hydrogen) atoms. The van der Waals surface area contributed by atoms with Gasteiger partial charge in [0.1, 0.15) is 5.60 Å². The lowest BCUT2D eigenvalue weighted by molar-refractivity contribution is 0.0153. The molecule has 1 aromatic carbocycles. The van der Waals surface area contributed by atoms with E-state index in [1.807, 2.05) is 26.8 Å². The standard InChI is InChI=1S/C16H23Cl2NO3/c1-16(2,3)22-15(21)19(4)12(10-20)7-5-11-6-8-13(17)14(18)9-11/h6,8-9,12,20H,5,7,10H2,1-4H3. The van der Waals surface area contributed by atoms with Gasteiger partial charge in [-0.1, -0.05) is 29.3 Å². The first-order valence-electron chi connectivity index (χ1n) is 7.14. The Hall–Kier alpha value is -0.970. The highest BCUT2D eigenvalue weighted by atomic mass is 35.5. The highest BCUT2D eigenvalue weighted by Gasteiger charge is 2.24. The first-order chi connectivity index (χ1) is 10.1. The number of rotatable bonds is 5. The summed E-state index contributed by atoms with van der Waals surface area (Å²) in [7, 11) is 1.63. The average molecular weight is 348 g/mol. The summed E-state index contributed by atoms with van der Waals surface area (Å²) >= 11 is 11.9. The van der Waals surface area contributed by atoms with Crippen LogP contribution in [0.3, 0.4) is 0 Å². The van der Waals surface area contributed by atoms with Gasteiger partial charge < -0.3 is 14.7 Å². The fraction of sp³-hybridized carbons (Fsp3) is 0.562. The number of hydrogen-bond acceptors (Lipinski definition) is 3. The lowest BCUT2D eigenvalue weighted by Gasteiger charge is -2.29. The number of carbonyl (C=O) groups excluding carboxylic acids is 1. The normalized spacial score (nSPS) is 12.9. The summed E-state index contributed by atoms with van der Waals surface area (Å²) in [4.78, 5) is 13.5.